The van der Waals surface area contributed by atoms with E-state index in [-0.39, 0.29) is 11.5 Å². The van der Waals surface area contributed by atoms with Crippen LogP contribution in [0.2, 0.25) is 0 Å². The third-order valence-corrected chi connectivity index (χ3v) is 2.53. The molecule has 1 atom stereocenters. The summed E-state index contributed by atoms with van der Waals surface area (Å²) in [4.78, 5) is 0. The van der Waals surface area contributed by atoms with Gasteiger partial charge in [-0.25, -0.2) is 0 Å². The van der Waals surface area contributed by atoms with Gasteiger partial charge in [0.25, 0.3) is 0 Å². The zero-order valence-electron chi connectivity index (χ0n) is 9.79. The van der Waals surface area contributed by atoms with Crippen molar-refractivity contribution < 1.29 is 4.42 Å². The maximum Gasteiger partial charge on any atom is 0.121 e. The molecule has 80 valence electrons. The van der Waals surface area contributed by atoms with Crippen molar-refractivity contribution in [1.82, 2.24) is 0 Å². The second kappa shape index (κ2) is 3.77. The molecule has 1 heterocycles. The monoisotopic (exact) mass is 195 g/mol. The van der Waals surface area contributed by atoms with E-state index in [4.69, 9.17) is 10.2 Å². The summed E-state index contributed by atoms with van der Waals surface area (Å²) < 4.78 is 5.49. The van der Waals surface area contributed by atoms with Crippen LogP contribution in [-0.4, -0.2) is 0 Å². The minimum absolute atomic E-state index is 0.00565. The van der Waals surface area contributed by atoms with E-state index in [2.05, 4.69) is 40.7 Å². The van der Waals surface area contributed by atoms with Gasteiger partial charge in [-0.15, -0.1) is 0 Å². The summed E-state index contributed by atoms with van der Waals surface area (Å²) in [5, 5.41) is 0. The van der Waals surface area contributed by atoms with Crippen LogP contribution >= 0.6 is 0 Å². The Morgan fingerprint density at radius 1 is 1.29 bits per heavy atom. The van der Waals surface area contributed by atoms with Crippen LogP contribution < -0.4 is 5.73 Å². The largest absolute Gasteiger partial charge is 0.467 e. The lowest BCUT2D eigenvalue weighted by atomic mass is 9.88. The molecule has 0 fully saturated rings. The summed E-state index contributed by atoms with van der Waals surface area (Å²) in [6.45, 7) is 10.7. The average molecular weight is 195 g/mol. The predicted octanol–water partition coefficient (Wildman–Crippen LogP) is 3.23. The van der Waals surface area contributed by atoms with Gasteiger partial charge in [-0.3, -0.25) is 0 Å². The second-order valence-corrected chi connectivity index (χ2v) is 5.26. The smallest absolute Gasteiger partial charge is 0.121 e. The zero-order chi connectivity index (χ0) is 10.9. The van der Waals surface area contributed by atoms with Gasteiger partial charge in [-0.1, -0.05) is 34.6 Å². The quantitative estimate of drug-likeness (QED) is 0.787. The third kappa shape index (κ3) is 2.38. The van der Waals surface area contributed by atoms with Gasteiger partial charge in [0, 0.05) is 0 Å². The molecule has 0 aliphatic heterocycles. The first-order valence-corrected chi connectivity index (χ1v) is 5.17. The van der Waals surface area contributed by atoms with Crippen LogP contribution in [0.15, 0.2) is 16.7 Å². The Hall–Kier alpha value is -0.760. The minimum Gasteiger partial charge on any atom is -0.467 e. The maximum absolute atomic E-state index is 6.00. The molecule has 0 amide bonds. The highest BCUT2D eigenvalue weighted by Crippen LogP contribution is 2.28. The van der Waals surface area contributed by atoms with E-state index in [9.17, 15) is 0 Å². The first-order valence-electron chi connectivity index (χ1n) is 5.17. The molecule has 0 bridgehead atoms. The van der Waals surface area contributed by atoms with Crippen LogP contribution in [-0.2, 0) is 5.41 Å². The van der Waals surface area contributed by atoms with Crippen molar-refractivity contribution >= 4 is 0 Å². The molecular formula is C12H21NO. The van der Waals surface area contributed by atoms with Gasteiger partial charge in [0.05, 0.1) is 12.3 Å². The molecule has 2 nitrogen and oxygen atoms in total. The van der Waals surface area contributed by atoms with Crippen LogP contribution in [0, 0.1) is 5.92 Å². The maximum atomic E-state index is 6.00. The highest BCUT2D eigenvalue weighted by atomic mass is 16.3. The van der Waals surface area contributed by atoms with E-state index in [1.165, 1.54) is 5.56 Å². The third-order valence-electron chi connectivity index (χ3n) is 2.53. The molecule has 0 aliphatic carbocycles. The lowest BCUT2D eigenvalue weighted by molar-refractivity contribution is 0.401. The van der Waals surface area contributed by atoms with Gasteiger partial charge in [0.15, 0.2) is 0 Å². The van der Waals surface area contributed by atoms with Gasteiger partial charge in [-0.05, 0) is 23.0 Å². The number of furan rings is 1. The first kappa shape index (κ1) is 11.3. The highest BCUT2D eigenvalue weighted by Gasteiger charge is 2.20. The second-order valence-electron chi connectivity index (χ2n) is 5.26. The van der Waals surface area contributed by atoms with E-state index in [1.54, 1.807) is 0 Å². The number of hydrogen-bond donors (Lipinski definition) is 1. The Labute approximate surface area is 86.5 Å². The molecule has 2 heteroatoms. The molecule has 0 radical (unpaired) electrons. The molecule has 0 aromatic carbocycles. The topological polar surface area (TPSA) is 39.2 Å². The lowest BCUT2D eigenvalue weighted by Crippen LogP contribution is -2.16. The van der Waals surface area contributed by atoms with Crippen LogP contribution in [0.25, 0.3) is 0 Å². The van der Waals surface area contributed by atoms with Crippen LogP contribution in [0.3, 0.4) is 0 Å². The molecule has 2 N–H and O–H groups in total. The summed E-state index contributed by atoms with van der Waals surface area (Å²) in [5.41, 5.74) is 7.35. The molecule has 0 saturated heterocycles. The van der Waals surface area contributed by atoms with Crippen LogP contribution in [0.4, 0.5) is 0 Å². The summed E-state index contributed by atoms with van der Waals surface area (Å²) in [6, 6.07) is 2.08. The van der Waals surface area contributed by atoms with Crippen molar-refractivity contribution in [2.75, 3.05) is 0 Å². The van der Waals surface area contributed by atoms with Crippen molar-refractivity contribution in [1.29, 1.82) is 0 Å². The normalized spacial score (nSPS) is 14.8. The van der Waals surface area contributed by atoms with Gasteiger partial charge >= 0.3 is 0 Å². The summed E-state index contributed by atoms with van der Waals surface area (Å²) in [6.07, 6.45) is 1.82. The average Bonchev–Trinajstić information content (AvgIpc) is 2.49. The van der Waals surface area contributed by atoms with E-state index in [1.807, 2.05) is 6.26 Å². The Morgan fingerprint density at radius 2 is 1.86 bits per heavy atom. The van der Waals surface area contributed by atoms with E-state index in [0.717, 1.165) is 5.76 Å². The number of rotatable bonds is 2. The molecular weight excluding hydrogens is 174 g/mol. The van der Waals surface area contributed by atoms with Gasteiger partial charge in [-0.2, -0.15) is 0 Å². The zero-order valence-corrected chi connectivity index (χ0v) is 9.79. The summed E-state index contributed by atoms with van der Waals surface area (Å²) in [7, 11) is 0. The van der Waals surface area contributed by atoms with Crippen molar-refractivity contribution in [3.63, 3.8) is 0 Å². The molecule has 0 spiro atoms. The molecule has 0 saturated carbocycles. The van der Waals surface area contributed by atoms with Crippen molar-refractivity contribution in [2.45, 2.75) is 46.1 Å². The summed E-state index contributed by atoms with van der Waals surface area (Å²) >= 11 is 0. The summed E-state index contributed by atoms with van der Waals surface area (Å²) in [5.74, 6) is 1.30. The van der Waals surface area contributed by atoms with Crippen LogP contribution in [0.1, 0.15) is 52.0 Å². The fourth-order valence-corrected chi connectivity index (χ4v) is 1.25. The van der Waals surface area contributed by atoms with Crippen molar-refractivity contribution in [3.05, 3.63) is 23.7 Å². The van der Waals surface area contributed by atoms with Crippen molar-refractivity contribution in [2.24, 2.45) is 11.7 Å². The van der Waals surface area contributed by atoms with E-state index >= 15 is 0 Å². The first-order chi connectivity index (χ1) is 6.32. The fraction of sp³-hybridized carbons (Fsp3) is 0.667. The predicted molar refractivity (Wildman–Crippen MR) is 59.2 cm³/mol. The number of hydrogen-bond acceptors (Lipinski definition) is 2. The molecule has 1 aromatic heterocycles. The SMILES string of the molecule is CC(C)[C@@H](N)c1cc(C(C)(C)C)co1. The minimum atomic E-state index is 0.00565. The Balaban J connectivity index is 2.89. The van der Waals surface area contributed by atoms with Gasteiger partial charge in [0.2, 0.25) is 0 Å². The van der Waals surface area contributed by atoms with Gasteiger partial charge < -0.3 is 10.2 Å². The lowest BCUT2D eigenvalue weighted by Gasteiger charge is -2.15. The Kier molecular flexibility index (Phi) is 3.05. The van der Waals surface area contributed by atoms with Crippen molar-refractivity contribution in [3.8, 4) is 0 Å². The highest BCUT2D eigenvalue weighted by molar-refractivity contribution is 5.22. The molecule has 0 unspecified atom stereocenters. The number of nitrogens with two attached hydrogens (primary N) is 1. The molecule has 14 heavy (non-hydrogen) atoms. The van der Waals surface area contributed by atoms with E-state index in [0.29, 0.717) is 5.92 Å². The Morgan fingerprint density at radius 3 is 2.21 bits per heavy atom. The van der Waals surface area contributed by atoms with Gasteiger partial charge in [0.1, 0.15) is 5.76 Å². The fourth-order valence-electron chi connectivity index (χ4n) is 1.25. The van der Waals surface area contributed by atoms with Crippen LogP contribution in [0.5, 0.6) is 0 Å². The standard InChI is InChI=1S/C12H21NO/c1-8(2)11(13)10-6-9(7-14-10)12(3,4)5/h6-8,11H,13H2,1-5H3/t11-/m1/s1. The Bertz CT molecular complexity index is 294. The molecule has 0 aliphatic rings. The molecule has 1 rings (SSSR count). The van der Waals surface area contributed by atoms with E-state index < -0.39 is 0 Å². The molecule has 1 aromatic rings.